The van der Waals surface area contributed by atoms with Gasteiger partial charge in [-0.15, -0.1) is 11.3 Å². The Kier molecular flexibility index (Phi) is 13.6. The fourth-order valence-electron chi connectivity index (χ4n) is 3.71. The van der Waals surface area contributed by atoms with Gasteiger partial charge in [0, 0.05) is 37.9 Å². The Bertz CT molecular complexity index is 833. The third-order valence-corrected chi connectivity index (χ3v) is 7.89. The maximum Gasteiger partial charge on any atom is 0.233 e. The highest BCUT2D eigenvalue weighted by atomic mass is 32.2. The third kappa shape index (κ3) is 11.7. The van der Waals surface area contributed by atoms with E-state index in [4.69, 9.17) is 0 Å². The highest BCUT2D eigenvalue weighted by molar-refractivity contribution is 7.99. The molecule has 0 spiro atoms. The molecule has 2 aromatic rings. The molecular formula is C27H43N3O2S2. The van der Waals surface area contributed by atoms with E-state index in [-0.39, 0.29) is 24.7 Å². The van der Waals surface area contributed by atoms with Crippen molar-refractivity contribution in [3.05, 3.63) is 24.3 Å². The van der Waals surface area contributed by atoms with Gasteiger partial charge in [0.15, 0.2) is 4.34 Å². The highest BCUT2D eigenvalue weighted by Gasteiger charge is 2.18. The zero-order valence-electron chi connectivity index (χ0n) is 21.5. The van der Waals surface area contributed by atoms with Crippen molar-refractivity contribution < 1.29 is 9.59 Å². The van der Waals surface area contributed by atoms with E-state index in [1.165, 1.54) is 37.6 Å². The summed E-state index contributed by atoms with van der Waals surface area (Å²) in [5.74, 6) is 1.43. The predicted octanol–water partition coefficient (Wildman–Crippen LogP) is 7.46. The molecule has 1 aromatic heterocycles. The first-order chi connectivity index (χ1) is 16.3. The fourth-order valence-corrected chi connectivity index (χ4v) is 5.83. The molecule has 34 heavy (non-hydrogen) atoms. The SMILES string of the molecule is CC(C)CCCCCNC(=O)CCC(=O)N(CCCCCC(C)C)Sc1nc2ccccc2s1. The van der Waals surface area contributed by atoms with Crippen molar-refractivity contribution in [1.29, 1.82) is 0 Å². The molecule has 2 amide bonds. The molecule has 0 aliphatic heterocycles. The lowest BCUT2D eigenvalue weighted by molar-refractivity contribution is -0.129. The number of fused-ring (bicyclic) bond motifs is 1. The number of aromatic nitrogens is 1. The Hall–Kier alpha value is -1.60. The minimum atomic E-state index is -0.0286. The Morgan fingerprint density at radius 1 is 0.941 bits per heavy atom. The largest absolute Gasteiger partial charge is 0.356 e. The summed E-state index contributed by atoms with van der Waals surface area (Å²) in [6.45, 7) is 10.4. The fraction of sp³-hybridized carbons (Fsp3) is 0.667. The van der Waals surface area contributed by atoms with Gasteiger partial charge < -0.3 is 5.32 Å². The molecule has 1 N–H and O–H groups in total. The van der Waals surface area contributed by atoms with E-state index in [9.17, 15) is 9.59 Å². The van der Waals surface area contributed by atoms with E-state index < -0.39 is 0 Å². The number of thiazole rings is 1. The van der Waals surface area contributed by atoms with Crippen LogP contribution in [0.5, 0.6) is 0 Å². The molecule has 0 radical (unpaired) electrons. The monoisotopic (exact) mass is 505 g/mol. The van der Waals surface area contributed by atoms with E-state index in [1.807, 2.05) is 22.5 Å². The van der Waals surface area contributed by atoms with Crippen LogP contribution >= 0.6 is 23.3 Å². The van der Waals surface area contributed by atoms with Crippen molar-refractivity contribution in [3.63, 3.8) is 0 Å². The average molecular weight is 506 g/mol. The maximum atomic E-state index is 13.0. The van der Waals surface area contributed by atoms with E-state index in [0.717, 1.165) is 46.2 Å². The number of benzene rings is 1. The molecule has 1 heterocycles. The molecule has 0 unspecified atom stereocenters. The van der Waals surface area contributed by atoms with Gasteiger partial charge in [-0.25, -0.2) is 4.98 Å². The van der Waals surface area contributed by atoms with Crippen LogP contribution in [-0.4, -0.2) is 34.2 Å². The molecule has 0 fully saturated rings. The first-order valence-electron chi connectivity index (χ1n) is 13.0. The van der Waals surface area contributed by atoms with Crippen molar-refractivity contribution >= 4 is 45.3 Å². The molecule has 7 heteroatoms. The van der Waals surface area contributed by atoms with Crippen LogP contribution in [0.25, 0.3) is 10.2 Å². The van der Waals surface area contributed by atoms with Crippen LogP contribution in [0.2, 0.25) is 0 Å². The van der Waals surface area contributed by atoms with Crippen molar-refractivity contribution in [3.8, 4) is 0 Å². The minimum absolute atomic E-state index is 0.0141. The Balaban J connectivity index is 1.81. The molecule has 2 rings (SSSR count). The Labute approximate surface area is 214 Å². The third-order valence-electron chi connectivity index (χ3n) is 5.73. The average Bonchev–Trinajstić information content (AvgIpc) is 3.20. The number of nitrogens with one attached hydrogen (secondary N) is 1. The van der Waals surface area contributed by atoms with Gasteiger partial charge in [0.05, 0.1) is 10.2 Å². The van der Waals surface area contributed by atoms with Gasteiger partial charge >= 0.3 is 0 Å². The summed E-state index contributed by atoms with van der Waals surface area (Å²) in [6, 6.07) is 8.05. The van der Waals surface area contributed by atoms with Crippen LogP contribution in [0.3, 0.4) is 0 Å². The summed E-state index contributed by atoms with van der Waals surface area (Å²) in [5, 5.41) is 2.98. The first kappa shape index (κ1) is 28.6. The second-order valence-electron chi connectivity index (χ2n) is 9.87. The lowest BCUT2D eigenvalue weighted by Gasteiger charge is -2.20. The molecule has 0 bridgehead atoms. The van der Waals surface area contributed by atoms with Crippen LogP contribution in [0.15, 0.2) is 28.6 Å². The second-order valence-corrected chi connectivity index (χ2v) is 12.2. The van der Waals surface area contributed by atoms with Gasteiger partial charge in [-0.2, -0.15) is 0 Å². The van der Waals surface area contributed by atoms with Gasteiger partial charge in [-0.05, 0) is 36.8 Å². The predicted molar refractivity (Wildman–Crippen MR) is 146 cm³/mol. The molecule has 0 saturated heterocycles. The van der Waals surface area contributed by atoms with Crippen LogP contribution < -0.4 is 5.32 Å². The quantitative estimate of drug-likeness (QED) is 0.179. The second kappa shape index (κ2) is 16.1. The summed E-state index contributed by atoms with van der Waals surface area (Å²) in [5.41, 5.74) is 0.965. The van der Waals surface area contributed by atoms with Crippen molar-refractivity contribution in [2.75, 3.05) is 13.1 Å². The van der Waals surface area contributed by atoms with Crippen LogP contribution in [0.1, 0.15) is 91.9 Å². The van der Waals surface area contributed by atoms with Gasteiger partial charge in [0.25, 0.3) is 0 Å². The van der Waals surface area contributed by atoms with Gasteiger partial charge in [0.2, 0.25) is 11.8 Å². The van der Waals surface area contributed by atoms with Gasteiger partial charge in [-0.1, -0.05) is 78.4 Å². The zero-order chi connectivity index (χ0) is 24.8. The Morgan fingerprint density at radius 3 is 2.29 bits per heavy atom. The summed E-state index contributed by atoms with van der Waals surface area (Å²) in [7, 11) is 0. The minimum Gasteiger partial charge on any atom is -0.356 e. The normalized spacial score (nSPS) is 11.5. The standard InChI is InChI=1S/C27H43N3O2S2/c1-21(2)13-7-5-11-19-28-25(31)17-18-26(32)30(20-12-6-8-14-22(3)4)34-27-29-23-15-9-10-16-24(23)33-27/h9-10,15-16,21-22H,5-8,11-14,17-20H2,1-4H3,(H,28,31). The van der Waals surface area contributed by atoms with Crippen molar-refractivity contribution in [1.82, 2.24) is 14.6 Å². The number of rotatable bonds is 17. The number of nitrogens with zero attached hydrogens (tertiary/aromatic N) is 2. The summed E-state index contributed by atoms with van der Waals surface area (Å²) < 4.78 is 3.83. The van der Waals surface area contributed by atoms with Crippen LogP contribution in [0.4, 0.5) is 0 Å². The van der Waals surface area contributed by atoms with Gasteiger partial charge in [0.1, 0.15) is 0 Å². The number of amides is 2. The lowest BCUT2D eigenvalue weighted by Crippen LogP contribution is -2.29. The molecular weight excluding hydrogens is 462 g/mol. The first-order valence-corrected chi connectivity index (χ1v) is 14.5. The number of para-hydroxylation sites is 1. The van der Waals surface area contributed by atoms with E-state index in [0.29, 0.717) is 19.0 Å². The molecule has 190 valence electrons. The van der Waals surface area contributed by atoms with Crippen LogP contribution in [-0.2, 0) is 9.59 Å². The van der Waals surface area contributed by atoms with Gasteiger partial charge in [-0.3, -0.25) is 13.9 Å². The van der Waals surface area contributed by atoms with Crippen molar-refractivity contribution in [2.45, 2.75) is 96.2 Å². The zero-order valence-corrected chi connectivity index (χ0v) is 23.1. The summed E-state index contributed by atoms with van der Waals surface area (Å²) in [6.07, 6.45) is 9.56. The maximum absolute atomic E-state index is 13.0. The van der Waals surface area contributed by atoms with Crippen molar-refractivity contribution in [2.24, 2.45) is 11.8 Å². The number of hydrogen-bond donors (Lipinski definition) is 1. The smallest absolute Gasteiger partial charge is 0.233 e. The van der Waals surface area contributed by atoms with E-state index in [2.05, 4.69) is 44.1 Å². The number of carbonyl (C=O) groups excluding carboxylic acids is 2. The Morgan fingerprint density at radius 2 is 1.62 bits per heavy atom. The van der Waals surface area contributed by atoms with E-state index in [1.54, 1.807) is 11.3 Å². The number of hydrogen-bond acceptors (Lipinski definition) is 5. The molecule has 0 atom stereocenters. The summed E-state index contributed by atoms with van der Waals surface area (Å²) in [4.78, 5) is 30.0. The highest BCUT2D eigenvalue weighted by Crippen LogP contribution is 2.32. The van der Waals surface area contributed by atoms with Crippen LogP contribution in [0, 0.1) is 11.8 Å². The molecule has 0 aliphatic carbocycles. The lowest BCUT2D eigenvalue weighted by atomic mass is 10.1. The molecule has 1 aromatic carbocycles. The van der Waals surface area contributed by atoms with E-state index >= 15 is 0 Å². The topological polar surface area (TPSA) is 62.3 Å². The number of carbonyl (C=O) groups is 2. The number of unbranched alkanes of at least 4 members (excludes halogenated alkanes) is 4. The molecule has 0 saturated carbocycles. The molecule has 5 nitrogen and oxygen atoms in total. The summed E-state index contributed by atoms with van der Waals surface area (Å²) >= 11 is 3.04. The molecule has 0 aliphatic rings.